The predicted molar refractivity (Wildman–Crippen MR) is 133 cm³/mol. The Kier molecular flexibility index (Phi) is 10.6. The smallest absolute Gasteiger partial charge is 0.390 e. The molecule has 3 rings (SSSR count). The van der Waals surface area contributed by atoms with Gasteiger partial charge in [-0.15, -0.1) is 0 Å². The lowest BCUT2D eigenvalue weighted by Crippen LogP contribution is -2.44. The van der Waals surface area contributed by atoms with Gasteiger partial charge in [0.15, 0.2) is 0 Å². The van der Waals surface area contributed by atoms with Crippen LogP contribution < -0.4 is 5.32 Å². The molecule has 216 valence electrons. The quantitative estimate of drug-likeness (QED) is 0.136. The summed E-state index contributed by atoms with van der Waals surface area (Å²) < 4.78 is 57.0. The third-order valence-corrected chi connectivity index (χ3v) is 8.87. The Morgan fingerprint density at radius 2 is 1.79 bits per heavy atom. The first-order chi connectivity index (χ1) is 18.1. The number of nitrogens with zero attached hydrogens (tertiary/aromatic N) is 1. The second-order valence-electron chi connectivity index (χ2n) is 8.11. The largest absolute Gasteiger partial charge is 0.490 e. The van der Waals surface area contributed by atoms with E-state index in [9.17, 15) is 33.4 Å². The molecule has 5 atom stereocenters. The molecule has 1 amide bonds. The van der Waals surface area contributed by atoms with Crippen LogP contribution in [-0.2, 0) is 41.1 Å². The number of phosphoric ester groups is 1. The van der Waals surface area contributed by atoms with Gasteiger partial charge in [-0.1, -0.05) is 49.1 Å². The van der Waals surface area contributed by atoms with Crippen LogP contribution in [0.2, 0.25) is 0 Å². The minimum atomic E-state index is -5.69. The first kappa shape index (κ1) is 31.5. The standard InChI is InChI=1S/C20H27N2O14P3/c1-14-21-20(24)16(12-32-9-5-8-15-6-3-2-4-7-15)11-22(14)19-10-17(23)18(34-19)13-33-38(28,29)36-39(30,31)35-37(25,26)27/h2-8,11,17-19,23H,1,9-10,12-13H2,(H,21,24)(H,28,29)(H,30,31)(H2,25,26,27)/b8-5+/t17?,18-,19-/m1/s1. The van der Waals surface area contributed by atoms with Crippen LogP contribution in [0.5, 0.6) is 0 Å². The van der Waals surface area contributed by atoms with Gasteiger partial charge in [0.25, 0.3) is 5.91 Å². The van der Waals surface area contributed by atoms with E-state index in [-0.39, 0.29) is 31.0 Å². The third kappa shape index (κ3) is 10.2. The van der Waals surface area contributed by atoms with Crippen molar-refractivity contribution in [3.63, 3.8) is 0 Å². The second kappa shape index (κ2) is 13.1. The molecule has 6 N–H and O–H groups in total. The molecule has 3 unspecified atom stereocenters. The van der Waals surface area contributed by atoms with E-state index in [4.69, 9.17) is 19.3 Å². The van der Waals surface area contributed by atoms with Crippen molar-refractivity contribution in [3.8, 4) is 0 Å². The van der Waals surface area contributed by atoms with Crippen LogP contribution in [0, 0.1) is 0 Å². The molecular formula is C20H27N2O14P3. The number of benzene rings is 1. The van der Waals surface area contributed by atoms with E-state index in [0.717, 1.165) is 5.56 Å². The molecule has 1 aromatic rings. The molecule has 0 spiro atoms. The van der Waals surface area contributed by atoms with Gasteiger partial charge in [-0.3, -0.25) is 9.32 Å². The van der Waals surface area contributed by atoms with E-state index in [2.05, 4.69) is 25.0 Å². The molecule has 1 saturated heterocycles. The molecule has 2 aliphatic rings. The maximum absolute atomic E-state index is 12.3. The van der Waals surface area contributed by atoms with Crippen molar-refractivity contribution in [2.45, 2.75) is 24.9 Å². The molecule has 0 radical (unpaired) electrons. The zero-order chi connectivity index (χ0) is 28.8. The van der Waals surface area contributed by atoms with Gasteiger partial charge in [-0.05, 0) is 5.56 Å². The number of carbonyl (C=O) groups excluding carboxylic acids is 1. The Morgan fingerprint density at radius 3 is 2.46 bits per heavy atom. The van der Waals surface area contributed by atoms with Crippen LogP contribution in [0.15, 0.2) is 60.6 Å². The molecule has 39 heavy (non-hydrogen) atoms. The average molecular weight is 612 g/mol. The zero-order valence-corrected chi connectivity index (χ0v) is 22.8. The molecule has 0 aliphatic carbocycles. The first-order valence-electron chi connectivity index (χ1n) is 11.0. The van der Waals surface area contributed by atoms with Gasteiger partial charge >= 0.3 is 23.5 Å². The van der Waals surface area contributed by atoms with Gasteiger partial charge < -0.3 is 44.4 Å². The highest BCUT2D eigenvalue weighted by Crippen LogP contribution is 2.66. The van der Waals surface area contributed by atoms with Crippen molar-refractivity contribution >= 4 is 35.5 Å². The molecule has 16 nitrogen and oxygen atoms in total. The Bertz CT molecular complexity index is 1250. The van der Waals surface area contributed by atoms with Crippen molar-refractivity contribution in [1.29, 1.82) is 0 Å². The van der Waals surface area contributed by atoms with Crippen molar-refractivity contribution in [1.82, 2.24) is 10.2 Å². The maximum Gasteiger partial charge on any atom is 0.490 e. The number of amides is 1. The first-order valence-corrected chi connectivity index (χ1v) is 15.6. The number of ether oxygens (including phenoxy) is 2. The number of hydrogen-bond acceptors (Lipinski definition) is 11. The Balaban J connectivity index is 1.55. The van der Waals surface area contributed by atoms with E-state index in [1.807, 2.05) is 36.4 Å². The van der Waals surface area contributed by atoms with Gasteiger partial charge in [-0.25, -0.2) is 13.7 Å². The van der Waals surface area contributed by atoms with Crippen molar-refractivity contribution in [2.75, 3.05) is 19.8 Å². The van der Waals surface area contributed by atoms with E-state index in [1.54, 1.807) is 6.08 Å². The van der Waals surface area contributed by atoms with Crippen LogP contribution in [-0.4, -0.2) is 73.7 Å². The molecule has 19 heteroatoms. The van der Waals surface area contributed by atoms with Crippen molar-refractivity contribution < 1.29 is 65.8 Å². The maximum atomic E-state index is 12.3. The van der Waals surface area contributed by atoms with Crippen LogP contribution in [0.25, 0.3) is 6.08 Å². The molecule has 0 aromatic heterocycles. The van der Waals surface area contributed by atoms with E-state index in [1.165, 1.54) is 11.1 Å². The highest BCUT2D eigenvalue weighted by atomic mass is 31.3. The fraction of sp³-hybridized carbons (Fsp3) is 0.350. The lowest BCUT2D eigenvalue weighted by Gasteiger charge is -2.33. The highest BCUT2D eigenvalue weighted by Gasteiger charge is 2.43. The van der Waals surface area contributed by atoms with Crippen molar-refractivity contribution in [3.05, 3.63) is 66.1 Å². The summed E-state index contributed by atoms with van der Waals surface area (Å²) >= 11 is 0. The van der Waals surface area contributed by atoms with Gasteiger partial charge in [0, 0.05) is 12.6 Å². The minimum Gasteiger partial charge on any atom is -0.390 e. The molecule has 0 saturated carbocycles. The molecule has 0 bridgehead atoms. The number of aliphatic hydroxyl groups is 1. The lowest BCUT2D eigenvalue weighted by molar-refractivity contribution is -0.119. The van der Waals surface area contributed by atoms with Gasteiger partial charge in [0.05, 0.1) is 31.5 Å². The second-order valence-corrected chi connectivity index (χ2v) is 12.5. The molecule has 1 fully saturated rings. The third-order valence-electron chi connectivity index (χ3n) is 5.07. The summed E-state index contributed by atoms with van der Waals surface area (Å²) in [6.07, 6.45) is 1.58. The fourth-order valence-corrected chi connectivity index (χ4v) is 6.46. The Morgan fingerprint density at radius 1 is 1.10 bits per heavy atom. The van der Waals surface area contributed by atoms with Crippen LogP contribution in [0.1, 0.15) is 12.0 Å². The van der Waals surface area contributed by atoms with E-state index in [0.29, 0.717) is 0 Å². The normalized spacial score (nSPS) is 25.3. The number of aliphatic hydroxyl groups excluding tert-OH is 1. The summed E-state index contributed by atoms with van der Waals surface area (Å²) in [4.78, 5) is 49.7. The molecule has 2 aliphatic heterocycles. The Labute approximate surface area is 222 Å². The topological polar surface area (TPSA) is 231 Å². The molecule has 2 heterocycles. The zero-order valence-electron chi connectivity index (χ0n) is 20.1. The summed E-state index contributed by atoms with van der Waals surface area (Å²) in [6.45, 7) is 3.07. The summed E-state index contributed by atoms with van der Waals surface area (Å²) in [7, 11) is -16.6. The highest BCUT2D eigenvalue weighted by molar-refractivity contribution is 7.66. The van der Waals surface area contributed by atoms with E-state index >= 15 is 0 Å². The summed E-state index contributed by atoms with van der Waals surface area (Å²) in [5.74, 6) is -0.329. The van der Waals surface area contributed by atoms with E-state index < -0.39 is 54.4 Å². The monoisotopic (exact) mass is 612 g/mol. The number of nitrogens with one attached hydrogen (secondary N) is 1. The number of phosphoric acid groups is 3. The minimum absolute atomic E-state index is 0.0561. The predicted octanol–water partition coefficient (Wildman–Crippen LogP) is 1.32. The Hall–Kier alpha value is -2.00. The van der Waals surface area contributed by atoms with Gasteiger partial charge in [0.1, 0.15) is 18.2 Å². The summed E-state index contributed by atoms with van der Waals surface area (Å²) in [6, 6.07) is 9.53. The van der Waals surface area contributed by atoms with Gasteiger partial charge in [-0.2, -0.15) is 8.62 Å². The lowest BCUT2D eigenvalue weighted by atomic mass is 10.1. The SMILES string of the molecule is C=C1NC(=O)C(COC/C=C/c2ccccc2)=CN1[C@H]1CC(O)[C@@H](COP(=O)(O)OP(=O)(O)OP(=O)(O)O)O1. The number of hydrogen-bond donors (Lipinski definition) is 6. The number of rotatable bonds is 13. The molecular weight excluding hydrogens is 585 g/mol. The van der Waals surface area contributed by atoms with Crippen LogP contribution >= 0.6 is 23.5 Å². The fourth-order valence-electron chi connectivity index (χ4n) is 3.43. The average Bonchev–Trinajstić information content (AvgIpc) is 3.17. The number of carbonyl (C=O) groups is 1. The summed E-state index contributed by atoms with van der Waals surface area (Å²) in [5.41, 5.74) is 1.21. The van der Waals surface area contributed by atoms with Crippen LogP contribution in [0.3, 0.4) is 0 Å². The van der Waals surface area contributed by atoms with Crippen LogP contribution in [0.4, 0.5) is 0 Å². The molecule has 1 aromatic carbocycles. The van der Waals surface area contributed by atoms with Gasteiger partial charge in [0.2, 0.25) is 0 Å². The summed E-state index contributed by atoms with van der Waals surface area (Å²) in [5, 5.41) is 12.9. The van der Waals surface area contributed by atoms with Crippen molar-refractivity contribution in [2.24, 2.45) is 0 Å².